The summed E-state index contributed by atoms with van der Waals surface area (Å²) >= 11 is 0. The SMILES string of the molecule is CCCCCCC(C)CCCCC(C)c1ccc(S(=O)(=O)[O-])cc1.[Na+]. The Kier molecular flexibility index (Phi) is 13.4. The summed E-state index contributed by atoms with van der Waals surface area (Å²) in [5.41, 5.74) is 1.11. The van der Waals surface area contributed by atoms with E-state index in [9.17, 15) is 13.0 Å². The number of rotatable bonds is 12. The molecule has 0 aliphatic carbocycles. The van der Waals surface area contributed by atoms with Crippen molar-refractivity contribution in [3.63, 3.8) is 0 Å². The van der Waals surface area contributed by atoms with Gasteiger partial charge in [0.1, 0.15) is 10.1 Å². The summed E-state index contributed by atoms with van der Waals surface area (Å²) in [6.07, 6.45) is 11.6. The molecule has 3 nitrogen and oxygen atoms in total. The van der Waals surface area contributed by atoms with Gasteiger partial charge in [0.15, 0.2) is 0 Å². The van der Waals surface area contributed by atoms with Gasteiger partial charge in [-0.25, -0.2) is 8.42 Å². The van der Waals surface area contributed by atoms with Gasteiger partial charge in [-0.3, -0.25) is 0 Å². The molecule has 1 aromatic rings. The number of benzene rings is 1. The maximum Gasteiger partial charge on any atom is 1.00 e. The summed E-state index contributed by atoms with van der Waals surface area (Å²) < 4.78 is 32.8. The van der Waals surface area contributed by atoms with Gasteiger partial charge in [-0.2, -0.15) is 0 Å². The van der Waals surface area contributed by atoms with Crippen LogP contribution >= 0.6 is 0 Å². The van der Waals surface area contributed by atoms with Gasteiger partial charge < -0.3 is 4.55 Å². The average Bonchev–Trinajstić information content (AvgIpc) is 2.55. The van der Waals surface area contributed by atoms with Crippen molar-refractivity contribution >= 4 is 10.1 Å². The zero-order valence-electron chi connectivity index (χ0n) is 16.5. The maximum atomic E-state index is 10.9. The molecule has 0 aromatic heterocycles. The predicted molar refractivity (Wildman–Crippen MR) is 99.2 cm³/mol. The van der Waals surface area contributed by atoms with E-state index in [-0.39, 0.29) is 34.5 Å². The van der Waals surface area contributed by atoms with Crippen LogP contribution in [-0.4, -0.2) is 13.0 Å². The van der Waals surface area contributed by atoms with Gasteiger partial charge >= 0.3 is 29.6 Å². The second-order valence-corrected chi connectivity index (χ2v) is 8.54. The number of hydrogen-bond donors (Lipinski definition) is 0. The molecule has 0 bridgehead atoms. The fourth-order valence-corrected chi connectivity index (χ4v) is 3.61. The minimum Gasteiger partial charge on any atom is -0.744 e. The summed E-state index contributed by atoms with van der Waals surface area (Å²) in [4.78, 5) is -0.143. The standard InChI is InChI=1S/C20H34O3S.Na/c1-4-5-6-7-10-17(2)11-8-9-12-18(3)19-13-15-20(16-14-19)24(21,22)23;/h13-18H,4-12H2,1-3H3,(H,21,22,23);/q;+1/p-1. The van der Waals surface area contributed by atoms with Crippen LogP contribution in [0.25, 0.3) is 0 Å². The van der Waals surface area contributed by atoms with Crippen molar-refractivity contribution in [2.24, 2.45) is 5.92 Å². The van der Waals surface area contributed by atoms with Crippen LogP contribution < -0.4 is 29.6 Å². The number of hydrogen-bond acceptors (Lipinski definition) is 3. The Hall–Kier alpha value is 0.130. The molecular weight excluding hydrogens is 343 g/mol. The first-order valence-corrected chi connectivity index (χ1v) is 10.8. The van der Waals surface area contributed by atoms with E-state index in [1.807, 2.05) is 0 Å². The van der Waals surface area contributed by atoms with E-state index in [0.717, 1.165) is 17.9 Å². The third-order valence-corrected chi connectivity index (χ3v) is 5.72. The molecule has 0 amide bonds. The first kappa shape index (κ1) is 25.1. The molecule has 0 aliphatic rings. The van der Waals surface area contributed by atoms with Crippen molar-refractivity contribution in [2.45, 2.75) is 89.4 Å². The van der Waals surface area contributed by atoms with Crippen LogP contribution in [0.5, 0.6) is 0 Å². The molecule has 138 valence electrons. The quantitative estimate of drug-likeness (QED) is 0.320. The molecule has 25 heavy (non-hydrogen) atoms. The van der Waals surface area contributed by atoms with Crippen molar-refractivity contribution in [2.75, 3.05) is 0 Å². The summed E-state index contributed by atoms with van der Waals surface area (Å²) in [6.45, 7) is 6.77. The van der Waals surface area contributed by atoms with E-state index in [1.54, 1.807) is 12.1 Å². The molecule has 0 saturated heterocycles. The fraction of sp³-hybridized carbons (Fsp3) is 0.700. The Morgan fingerprint density at radius 2 is 1.40 bits per heavy atom. The molecule has 0 aliphatic heterocycles. The predicted octanol–water partition coefficient (Wildman–Crippen LogP) is 2.87. The minimum atomic E-state index is -4.34. The number of unbranched alkanes of at least 4 members (excludes halogenated alkanes) is 4. The Labute approximate surface area is 177 Å². The van der Waals surface area contributed by atoms with E-state index in [2.05, 4.69) is 20.8 Å². The van der Waals surface area contributed by atoms with E-state index in [0.29, 0.717) is 5.92 Å². The topological polar surface area (TPSA) is 57.2 Å². The molecule has 2 unspecified atom stereocenters. The van der Waals surface area contributed by atoms with Gasteiger partial charge in [-0.1, -0.05) is 84.3 Å². The van der Waals surface area contributed by atoms with E-state index < -0.39 is 10.1 Å². The molecule has 0 heterocycles. The van der Waals surface area contributed by atoms with Gasteiger partial charge in [0.25, 0.3) is 0 Å². The van der Waals surface area contributed by atoms with Crippen LogP contribution in [0.3, 0.4) is 0 Å². The molecule has 0 N–H and O–H groups in total. The van der Waals surface area contributed by atoms with Crippen molar-refractivity contribution < 1.29 is 42.5 Å². The van der Waals surface area contributed by atoms with Crippen molar-refractivity contribution in [1.82, 2.24) is 0 Å². The minimum absolute atomic E-state index is 0. The van der Waals surface area contributed by atoms with Crippen molar-refractivity contribution in [1.29, 1.82) is 0 Å². The molecule has 0 saturated carbocycles. The normalized spacial score (nSPS) is 13.9. The zero-order valence-corrected chi connectivity index (χ0v) is 19.3. The summed E-state index contributed by atoms with van der Waals surface area (Å²) in [7, 11) is -4.34. The molecule has 0 fully saturated rings. The molecule has 1 aromatic carbocycles. The monoisotopic (exact) mass is 376 g/mol. The molecule has 2 atom stereocenters. The molecular formula is C20H33NaO3S. The van der Waals surface area contributed by atoms with E-state index >= 15 is 0 Å². The van der Waals surface area contributed by atoms with Gasteiger partial charge in [-0.05, 0) is 36.0 Å². The maximum absolute atomic E-state index is 10.9. The van der Waals surface area contributed by atoms with Crippen molar-refractivity contribution in [3.8, 4) is 0 Å². The molecule has 5 heteroatoms. The summed E-state index contributed by atoms with van der Waals surface area (Å²) in [6, 6.07) is 6.39. The average molecular weight is 377 g/mol. The van der Waals surface area contributed by atoms with Crippen LogP contribution in [0.1, 0.15) is 90.0 Å². The van der Waals surface area contributed by atoms with Crippen LogP contribution in [0.4, 0.5) is 0 Å². The Bertz CT molecular complexity index is 555. The summed E-state index contributed by atoms with van der Waals surface area (Å²) in [5, 5.41) is 0. The van der Waals surface area contributed by atoms with Gasteiger partial charge in [0.2, 0.25) is 0 Å². The summed E-state index contributed by atoms with van der Waals surface area (Å²) in [5.74, 6) is 1.21. The van der Waals surface area contributed by atoms with Gasteiger partial charge in [0.05, 0.1) is 4.90 Å². The third-order valence-electron chi connectivity index (χ3n) is 4.87. The van der Waals surface area contributed by atoms with Gasteiger partial charge in [0, 0.05) is 0 Å². The largest absolute Gasteiger partial charge is 1.00 e. The van der Waals surface area contributed by atoms with Crippen LogP contribution in [0, 0.1) is 5.92 Å². The second kappa shape index (κ2) is 13.3. The first-order chi connectivity index (χ1) is 11.3. The second-order valence-electron chi connectivity index (χ2n) is 7.16. The Morgan fingerprint density at radius 3 is 1.92 bits per heavy atom. The van der Waals surface area contributed by atoms with Crippen LogP contribution in [-0.2, 0) is 10.1 Å². The van der Waals surface area contributed by atoms with Crippen LogP contribution in [0.2, 0.25) is 0 Å². The molecule has 1 rings (SSSR count). The van der Waals surface area contributed by atoms with Crippen molar-refractivity contribution in [3.05, 3.63) is 29.8 Å². The third kappa shape index (κ3) is 10.8. The van der Waals surface area contributed by atoms with E-state index in [4.69, 9.17) is 0 Å². The molecule has 0 radical (unpaired) electrons. The fourth-order valence-electron chi connectivity index (χ4n) is 3.14. The van der Waals surface area contributed by atoms with E-state index in [1.165, 1.54) is 63.5 Å². The Morgan fingerprint density at radius 1 is 0.880 bits per heavy atom. The van der Waals surface area contributed by atoms with Crippen LogP contribution in [0.15, 0.2) is 29.2 Å². The zero-order chi connectivity index (χ0) is 18.0. The smallest absolute Gasteiger partial charge is 0.744 e. The van der Waals surface area contributed by atoms with Gasteiger partial charge in [-0.15, -0.1) is 0 Å². The first-order valence-electron chi connectivity index (χ1n) is 9.40. The molecule has 0 spiro atoms. The Balaban J connectivity index is 0.00000576.